The van der Waals surface area contributed by atoms with E-state index >= 15 is 0 Å². The van der Waals surface area contributed by atoms with Gasteiger partial charge in [0, 0.05) is 24.8 Å². The van der Waals surface area contributed by atoms with Crippen molar-refractivity contribution in [2.45, 2.75) is 26.8 Å². The summed E-state index contributed by atoms with van der Waals surface area (Å²) >= 11 is 0. The average molecular weight is 282 g/mol. The summed E-state index contributed by atoms with van der Waals surface area (Å²) in [5.41, 5.74) is 10.6. The van der Waals surface area contributed by atoms with Gasteiger partial charge in [-0.3, -0.25) is 4.79 Å². The molecule has 0 aliphatic heterocycles. The summed E-state index contributed by atoms with van der Waals surface area (Å²) < 4.78 is 0. The lowest BCUT2D eigenvalue weighted by Crippen LogP contribution is -2.26. The number of benzene rings is 2. The van der Waals surface area contributed by atoms with Crippen molar-refractivity contribution in [1.82, 2.24) is 4.90 Å². The third-order valence-corrected chi connectivity index (χ3v) is 3.71. The molecule has 0 spiro atoms. The van der Waals surface area contributed by atoms with E-state index in [-0.39, 0.29) is 5.91 Å². The predicted molar refractivity (Wildman–Crippen MR) is 87.2 cm³/mol. The van der Waals surface area contributed by atoms with Crippen molar-refractivity contribution in [2.75, 3.05) is 12.8 Å². The highest BCUT2D eigenvalue weighted by atomic mass is 16.2. The summed E-state index contributed by atoms with van der Waals surface area (Å²) in [4.78, 5) is 14.1. The molecule has 3 heteroatoms. The summed E-state index contributed by atoms with van der Waals surface area (Å²) in [7, 11) is 1.82. The van der Waals surface area contributed by atoms with Crippen molar-refractivity contribution in [2.24, 2.45) is 0 Å². The Morgan fingerprint density at radius 2 is 1.71 bits per heavy atom. The fraction of sp³-hybridized carbons (Fsp3) is 0.278. The molecule has 0 aliphatic rings. The molecule has 0 fully saturated rings. The molecule has 1 amide bonds. The van der Waals surface area contributed by atoms with Crippen molar-refractivity contribution in [3.63, 3.8) is 0 Å². The monoisotopic (exact) mass is 282 g/mol. The molecule has 2 aromatic carbocycles. The van der Waals surface area contributed by atoms with E-state index in [4.69, 9.17) is 5.73 Å². The molecule has 3 nitrogen and oxygen atoms in total. The Morgan fingerprint density at radius 3 is 2.29 bits per heavy atom. The summed E-state index contributed by atoms with van der Waals surface area (Å²) in [6, 6.07) is 13.8. The quantitative estimate of drug-likeness (QED) is 0.873. The van der Waals surface area contributed by atoms with E-state index in [2.05, 4.69) is 31.2 Å². The first-order valence-electron chi connectivity index (χ1n) is 7.20. The normalized spacial score (nSPS) is 10.4. The lowest BCUT2D eigenvalue weighted by molar-refractivity contribution is 0.0785. The van der Waals surface area contributed by atoms with Crippen molar-refractivity contribution < 1.29 is 4.79 Å². The molecule has 0 radical (unpaired) electrons. The Hall–Kier alpha value is -2.29. The van der Waals surface area contributed by atoms with E-state index in [0.717, 1.165) is 17.5 Å². The van der Waals surface area contributed by atoms with Crippen LogP contribution in [0, 0.1) is 6.92 Å². The number of nitrogen functional groups attached to an aromatic ring is 1. The van der Waals surface area contributed by atoms with E-state index in [1.807, 2.05) is 20.0 Å². The number of rotatable bonds is 4. The van der Waals surface area contributed by atoms with Gasteiger partial charge >= 0.3 is 0 Å². The van der Waals surface area contributed by atoms with Crippen LogP contribution in [0.5, 0.6) is 0 Å². The van der Waals surface area contributed by atoms with Crippen LogP contribution in [-0.2, 0) is 13.0 Å². The van der Waals surface area contributed by atoms with Gasteiger partial charge in [0.05, 0.1) is 0 Å². The Kier molecular flexibility index (Phi) is 4.63. The fourth-order valence-electron chi connectivity index (χ4n) is 2.26. The van der Waals surface area contributed by atoms with Crippen molar-refractivity contribution in [1.29, 1.82) is 0 Å². The standard InChI is InChI=1S/C18H22N2O/c1-4-14-5-7-15(8-6-14)12-20(3)18(21)16-9-10-17(19)13(2)11-16/h5-11H,4,12,19H2,1-3H3. The van der Waals surface area contributed by atoms with Gasteiger partial charge in [-0.1, -0.05) is 31.2 Å². The molecule has 0 aromatic heterocycles. The maximum atomic E-state index is 12.4. The van der Waals surface area contributed by atoms with Crippen LogP contribution in [0.4, 0.5) is 5.69 Å². The lowest BCUT2D eigenvalue weighted by atomic mass is 10.1. The van der Waals surface area contributed by atoms with Gasteiger partial charge in [0.2, 0.25) is 0 Å². The minimum absolute atomic E-state index is 0.0117. The summed E-state index contributed by atoms with van der Waals surface area (Å²) in [5, 5.41) is 0. The molecule has 0 saturated carbocycles. The number of aryl methyl sites for hydroxylation is 2. The Balaban J connectivity index is 2.09. The topological polar surface area (TPSA) is 46.3 Å². The molecule has 2 aromatic rings. The molecule has 0 saturated heterocycles. The number of carbonyl (C=O) groups excluding carboxylic acids is 1. The second-order valence-electron chi connectivity index (χ2n) is 5.40. The zero-order chi connectivity index (χ0) is 15.4. The van der Waals surface area contributed by atoms with Crippen LogP contribution in [0.3, 0.4) is 0 Å². The van der Waals surface area contributed by atoms with E-state index in [9.17, 15) is 4.79 Å². The first-order valence-corrected chi connectivity index (χ1v) is 7.20. The van der Waals surface area contributed by atoms with Gasteiger partial charge in [0.15, 0.2) is 0 Å². The predicted octanol–water partition coefficient (Wildman–Crippen LogP) is 3.41. The van der Waals surface area contributed by atoms with Gasteiger partial charge in [-0.05, 0) is 48.2 Å². The van der Waals surface area contributed by atoms with Crippen molar-refractivity contribution >= 4 is 11.6 Å². The minimum atomic E-state index is 0.0117. The van der Waals surface area contributed by atoms with Gasteiger partial charge in [0.25, 0.3) is 5.91 Å². The molecule has 0 aliphatic carbocycles. The molecule has 0 unspecified atom stereocenters. The largest absolute Gasteiger partial charge is 0.399 e. The van der Waals surface area contributed by atoms with Crippen LogP contribution in [0.2, 0.25) is 0 Å². The smallest absolute Gasteiger partial charge is 0.253 e. The maximum absolute atomic E-state index is 12.4. The minimum Gasteiger partial charge on any atom is -0.399 e. The number of nitrogens with zero attached hydrogens (tertiary/aromatic N) is 1. The molecule has 0 bridgehead atoms. The second kappa shape index (κ2) is 6.44. The van der Waals surface area contributed by atoms with E-state index < -0.39 is 0 Å². The number of anilines is 1. The average Bonchev–Trinajstić information content (AvgIpc) is 2.50. The molecule has 110 valence electrons. The molecule has 2 rings (SSSR count). The maximum Gasteiger partial charge on any atom is 0.253 e. The molecular weight excluding hydrogens is 260 g/mol. The second-order valence-corrected chi connectivity index (χ2v) is 5.40. The highest BCUT2D eigenvalue weighted by molar-refractivity contribution is 5.94. The van der Waals surface area contributed by atoms with Crippen molar-refractivity contribution in [3.05, 3.63) is 64.7 Å². The van der Waals surface area contributed by atoms with Gasteiger partial charge in [-0.2, -0.15) is 0 Å². The van der Waals surface area contributed by atoms with Crippen LogP contribution in [0.25, 0.3) is 0 Å². The third-order valence-electron chi connectivity index (χ3n) is 3.71. The first-order chi connectivity index (χ1) is 10.0. The van der Waals surface area contributed by atoms with Gasteiger partial charge < -0.3 is 10.6 Å². The Bertz CT molecular complexity index is 632. The van der Waals surface area contributed by atoms with Gasteiger partial charge in [-0.25, -0.2) is 0 Å². The van der Waals surface area contributed by atoms with E-state index in [1.54, 1.807) is 17.0 Å². The van der Waals surface area contributed by atoms with Crippen LogP contribution in [0.15, 0.2) is 42.5 Å². The summed E-state index contributed by atoms with van der Waals surface area (Å²) in [5.74, 6) is 0.0117. The molecule has 2 N–H and O–H groups in total. The lowest BCUT2D eigenvalue weighted by Gasteiger charge is -2.18. The molecular formula is C18H22N2O. The van der Waals surface area contributed by atoms with Crippen LogP contribution >= 0.6 is 0 Å². The number of hydrogen-bond donors (Lipinski definition) is 1. The van der Waals surface area contributed by atoms with Gasteiger partial charge in [0.1, 0.15) is 0 Å². The highest BCUT2D eigenvalue weighted by Gasteiger charge is 2.12. The van der Waals surface area contributed by atoms with E-state index in [1.165, 1.54) is 5.56 Å². The fourth-order valence-corrected chi connectivity index (χ4v) is 2.26. The molecule has 21 heavy (non-hydrogen) atoms. The summed E-state index contributed by atoms with van der Waals surface area (Å²) in [6.45, 7) is 4.65. The van der Waals surface area contributed by atoms with Crippen LogP contribution in [0.1, 0.15) is 34.0 Å². The van der Waals surface area contributed by atoms with Crippen molar-refractivity contribution in [3.8, 4) is 0 Å². The van der Waals surface area contributed by atoms with Crippen LogP contribution in [-0.4, -0.2) is 17.9 Å². The third kappa shape index (κ3) is 3.63. The van der Waals surface area contributed by atoms with Gasteiger partial charge in [-0.15, -0.1) is 0 Å². The number of nitrogens with two attached hydrogens (primary N) is 1. The first kappa shape index (κ1) is 15.1. The number of carbonyl (C=O) groups is 1. The van der Waals surface area contributed by atoms with E-state index in [0.29, 0.717) is 17.8 Å². The highest BCUT2D eigenvalue weighted by Crippen LogP contribution is 2.15. The summed E-state index contributed by atoms with van der Waals surface area (Å²) in [6.07, 6.45) is 1.03. The zero-order valence-electron chi connectivity index (χ0n) is 12.9. The number of hydrogen-bond acceptors (Lipinski definition) is 2. The van der Waals surface area contributed by atoms with Crippen LogP contribution < -0.4 is 5.73 Å². The Morgan fingerprint density at radius 1 is 1.10 bits per heavy atom. The molecule has 0 heterocycles. The molecule has 0 atom stereocenters. The zero-order valence-corrected chi connectivity index (χ0v) is 12.9. The Labute approximate surface area is 126 Å². The number of amides is 1. The SMILES string of the molecule is CCc1ccc(CN(C)C(=O)c2ccc(N)c(C)c2)cc1.